The maximum atomic E-state index is 12.9. The first-order valence-electron chi connectivity index (χ1n) is 9.24. The van der Waals surface area contributed by atoms with Crippen molar-refractivity contribution in [2.24, 2.45) is 0 Å². The predicted octanol–water partition coefficient (Wildman–Crippen LogP) is 2.71. The van der Waals surface area contributed by atoms with E-state index in [2.05, 4.69) is 14.9 Å². The van der Waals surface area contributed by atoms with Crippen LogP contribution in [-0.2, 0) is 19.6 Å². The van der Waals surface area contributed by atoms with E-state index in [0.29, 0.717) is 29.6 Å². The Morgan fingerprint density at radius 2 is 2.14 bits per heavy atom. The number of anilines is 2. The summed E-state index contributed by atoms with van der Waals surface area (Å²) < 4.78 is 39.7. The first-order chi connectivity index (χ1) is 13.6. The number of aromatic nitrogens is 2. The van der Waals surface area contributed by atoms with Gasteiger partial charge in [0.15, 0.2) is 0 Å². The zero-order chi connectivity index (χ0) is 20.8. The van der Waals surface area contributed by atoms with Crippen molar-refractivity contribution in [3.8, 4) is 5.75 Å². The lowest BCUT2D eigenvalue weighted by Gasteiger charge is -2.39. The Labute approximate surface area is 173 Å². The Hall–Kier alpha value is -2.24. The molecule has 1 aromatic heterocycles. The van der Waals surface area contributed by atoms with E-state index < -0.39 is 15.6 Å². The van der Waals surface area contributed by atoms with Gasteiger partial charge in [-0.3, -0.25) is 9.52 Å². The molecular weight excluding hydrogens is 416 g/mol. The molecule has 3 heterocycles. The van der Waals surface area contributed by atoms with Gasteiger partial charge in [0.2, 0.25) is 11.0 Å². The number of nitrogens with zero attached hydrogens (tertiary/aromatic N) is 3. The van der Waals surface area contributed by atoms with Crippen molar-refractivity contribution >= 4 is 38.1 Å². The highest BCUT2D eigenvalue weighted by molar-refractivity contribution is 7.93. The molecule has 2 aromatic rings. The van der Waals surface area contributed by atoms with E-state index in [0.717, 1.165) is 24.2 Å². The Morgan fingerprint density at radius 3 is 2.83 bits per heavy atom. The van der Waals surface area contributed by atoms with Crippen molar-refractivity contribution in [2.45, 2.75) is 50.2 Å². The zero-order valence-electron chi connectivity index (χ0n) is 16.3. The second-order valence-corrected chi connectivity index (χ2v) is 10.3. The monoisotopic (exact) mass is 438 g/mol. The number of amides is 1. The Kier molecular flexibility index (Phi) is 4.99. The molecule has 0 saturated carbocycles. The molecule has 0 aliphatic carbocycles. The maximum Gasteiger partial charge on any atom is 0.263 e. The third kappa shape index (κ3) is 4.07. The van der Waals surface area contributed by atoms with Crippen LogP contribution in [0, 0.1) is 0 Å². The normalized spacial score (nSPS) is 20.8. The van der Waals surface area contributed by atoms with Gasteiger partial charge >= 0.3 is 0 Å². The third-order valence-electron chi connectivity index (χ3n) is 4.70. The summed E-state index contributed by atoms with van der Waals surface area (Å²) >= 11 is 1.16. The summed E-state index contributed by atoms with van der Waals surface area (Å²) in [6, 6.07) is 4.46. The quantitative estimate of drug-likeness (QED) is 0.781. The average molecular weight is 439 g/mol. The molecule has 1 aromatic carbocycles. The minimum absolute atomic E-state index is 0.0136. The van der Waals surface area contributed by atoms with Gasteiger partial charge < -0.3 is 14.4 Å². The second-order valence-electron chi connectivity index (χ2n) is 7.65. The van der Waals surface area contributed by atoms with Crippen LogP contribution in [0.1, 0.15) is 44.7 Å². The fourth-order valence-corrected chi connectivity index (χ4v) is 5.47. The van der Waals surface area contributed by atoms with Crippen molar-refractivity contribution < 1.29 is 22.7 Å². The minimum atomic E-state index is -3.91. The van der Waals surface area contributed by atoms with Crippen LogP contribution in [0.4, 0.5) is 10.8 Å². The van der Waals surface area contributed by atoms with Gasteiger partial charge in [0.25, 0.3) is 10.0 Å². The number of benzene rings is 1. The molecule has 1 N–H and O–H groups in total. The van der Waals surface area contributed by atoms with Gasteiger partial charge in [-0.15, -0.1) is 10.2 Å². The number of rotatable bonds is 4. The number of ether oxygens (including phenoxy) is 2. The third-order valence-corrected chi connectivity index (χ3v) is 7.10. The highest BCUT2D eigenvalue weighted by Crippen LogP contribution is 2.39. The zero-order valence-corrected chi connectivity index (χ0v) is 18.0. The van der Waals surface area contributed by atoms with Crippen molar-refractivity contribution in [3.63, 3.8) is 0 Å². The minimum Gasteiger partial charge on any atom is -0.484 e. The molecule has 0 bridgehead atoms. The van der Waals surface area contributed by atoms with Crippen LogP contribution >= 0.6 is 11.3 Å². The number of hydrogen-bond donors (Lipinski definition) is 1. The smallest absolute Gasteiger partial charge is 0.263 e. The number of nitrogens with one attached hydrogen (secondary N) is 1. The fraction of sp³-hybridized carbons (Fsp3) is 0.500. The highest BCUT2D eigenvalue weighted by Gasteiger charge is 2.34. The topological polar surface area (TPSA) is 111 Å². The first kappa shape index (κ1) is 20.0. The van der Waals surface area contributed by atoms with Crippen LogP contribution in [0.3, 0.4) is 0 Å². The van der Waals surface area contributed by atoms with Crippen LogP contribution in [-0.4, -0.2) is 43.3 Å². The molecule has 2 aliphatic heterocycles. The molecule has 1 fully saturated rings. The first-order valence-corrected chi connectivity index (χ1v) is 11.5. The van der Waals surface area contributed by atoms with E-state index in [1.807, 2.05) is 13.8 Å². The summed E-state index contributed by atoms with van der Waals surface area (Å²) in [5.74, 6) is 0.280. The molecule has 0 spiro atoms. The molecule has 11 heteroatoms. The average Bonchev–Trinajstić information content (AvgIpc) is 3.31. The van der Waals surface area contributed by atoms with Crippen LogP contribution in [0.15, 0.2) is 23.1 Å². The molecule has 156 valence electrons. The predicted molar refractivity (Wildman–Crippen MR) is 108 cm³/mol. The number of carbonyl (C=O) groups is 1. The van der Waals surface area contributed by atoms with Gasteiger partial charge in [0.1, 0.15) is 22.5 Å². The van der Waals surface area contributed by atoms with E-state index in [9.17, 15) is 13.2 Å². The van der Waals surface area contributed by atoms with Crippen LogP contribution in [0.2, 0.25) is 0 Å². The molecule has 9 nitrogen and oxygen atoms in total. The summed E-state index contributed by atoms with van der Waals surface area (Å²) in [5, 5.41) is 8.80. The molecule has 4 rings (SSSR count). The number of sulfonamides is 1. The summed E-state index contributed by atoms with van der Waals surface area (Å²) in [6.45, 7) is 6.19. The van der Waals surface area contributed by atoms with E-state index in [1.165, 1.54) is 24.0 Å². The van der Waals surface area contributed by atoms with E-state index in [-0.39, 0.29) is 22.0 Å². The number of hydrogen-bond acceptors (Lipinski definition) is 8. The number of fused-ring (bicyclic) bond motifs is 1. The largest absolute Gasteiger partial charge is 0.484 e. The van der Waals surface area contributed by atoms with E-state index >= 15 is 0 Å². The standard InChI is InChI=1S/C18H22N4O5S2/c1-11(23)22-10-18(2,3)27-14-7-6-12(9-13(14)22)29(24,25)21-17-20-19-16(28-17)15-5-4-8-26-15/h6-7,9,15H,4-5,8,10H2,1-3H3,(H,20,21). The highest BCUT2D eigenvalue weighted by atomic mass is 32.2. The molecule has 29 heavy (non-hydrogen) atoms. The summed E-state index contributed by atoms with van der Waals surface area (Å²) in [4.78, 5) is 13.6. The van der Waals surface area contributed by atoms with Gasteiger partial charge in [0.05, 0.1) is 17.1 Å². The summed E-state index contributed by atoms with van der Waals surface area (Å²) in [6.07, 6.45) is 1.68. The van der Waals surface area contributed by atoms with Gasteiger partial charge in [-0.05, 0) is 44.9 Å². The van der Waals surface area contributed by atoms with Crippen LogP contribution < -0.4 is 14.4 Å². The van der Waals surface area contributed by atoms with Crippen LogP contribution in [0.5, 0.6) is 5.75 Å². The fourth-order valence-electron chi connectivity index (χ4n) is 3.39. The molecule has 1 unspecified atom stereocenters. The van der Waals surface area contributed by atoms with Crippen LogP contribution in [0.25, 0.3) is 0 Å². The summed E-state index contributed by atoms with van der Waals surface area (Å²) in [7, 11) is -3.91. The molecule has 2 aliphatic rings. The Bertz CT molecular complexity index is 1040. The van der Waals surface area contributed by atoms with Gasteiger partial charge in [0, 0.05) is 13.5 Å². The van der Waals surface area contributed by atoms with Crippen molar-refractivity contribution in [2.75, 3.05) is 22.8 Å². The van der Waals surface area contributed by atoms with Crippen molar-refractivity contribution in [1.29, 1.82) is 0 Å². The van der Waals surface area contributed by atoms with Crippen molar-refractivity contribution in [3.05, 3.63) is 23.2 Å². The van der Waals surface area contributed by atoms with Crippen molar-refractivity contribution in [1.82, 2.24) is 10.2 Å². The van der Waals surface area contributed by atoms with Gasteiger partial charge in [-0.1, -0.05) is 11.3 Å². The lowest BCUT2D eigenvalue weighted by molar-refractivity contribution is -0.117. The molecule has 0 radical (unpaired) electrons. The number of carbonyl (C=O) groups excluding carboxylic acids is 1. The SMILES string of the molecule is CC(=O)N1CC(C)(C)Oc2ccc(S(=O)(=O)Nc3nnc(C4CCCO4)s3)cc21. The molecule has 1 saturated heterocycles. The lowest BCUT2D eigenvalue weighted by Crippen LogP contribution is -2.48. The van der Waals surface area contributed by atoms with Gasteiger partial charge in [-0.25, -0.2) is 8.42 Å². The summed E-state index contributed by atoms with van der Waals surface area (Å²) in [5.41, 5.74) is -0.139. The lowest BCUT2D eigenvalue weighted by atomic mass is 10.1. The molecule has 1 atom stereocenters. The second kappa shape index (κ2) is 7.22. The maximum absolute atomic E-state index is 12.9. The Morgan fingerprint density at radius 1 is 1.34 bits per heavy atom. The van der Waals surface area contributed by atoms with E-state index in [4.69, 9.17) is 9.47 Å². The Balaban J connectivity index is 1.61. The molecule has 1 amide bonds. The van der Waals surface area contributed by atoms with E-state index in [1.54, 1.807) is 6.07 Å². The molecular formula is C18H22N4O5S2. The van der Waals surface area contributed by atoms with Gasteiger partial charge in [-0.2, -0.15) is 0 Å².